The number of hydrogen-bond acceptors (Lipinski definition) is 8. The van der Waals surface area contributed by atoms with E-state index < -0.39 is 11.7 Å². The van der Waals surface area contributed by atoms with Crippen LogP contribution in [0.1, 0.15) is 27.9 Å². The molecule has 0 unspecified atom stereocenters. The van der Waals surface area contributed by atoms with Crippen LogP contribution in [0.4, 0.5) is 10.4 Å². The summed E-state index contributed by atoms with van der Waals surface area (Å²) < 4.78 is 29.5. The molecule has 4 aromatic rings. The van der Waals surface area contributed by atoms with Crippen LogP contribution in [0.15, 0.2) is 53.1 Å². The second-order valence-electron chi connectivity index (χ2n) is 6.31. The molecule has 0 aliphatic rings. The fraction of sp³-hybridized carbons (Fsp3) is 0.0952. The molecule has 0 saturated carbocycles. The van der Waals surface area contributed by atoms with Crippen LogP contribution in [0.5, 0.6) is 17.4 Å². The smallest absolute Gasteiger partial charge is 0.302 e. The molecular weight excluding hydrogens is 407 g/mol. The van der Waals surface area contributed by atoms with Gasteiger partial charge in [-0.3, -0.25) is 14.9 Å². The summed E-state index contributed by atoms with van der Waals surface area (Å²) in [5.41, 5.74) is 0.813. The Morgan fingerprint density at radius 1 is 1.03 bits per heavy atom. The van der Waals surface area contributed by atoms with Crippen LogP contribution >= 0.6 is 0 Å². The number of hydrogen-bond donors (Lipinski definition) is 1. The monoisotopic (exact) mass is 422 g/mol. The van der Waals surface area contributed by atoms with Gasteiger partial charge in [0.15, 0.2) is 23.0 Å². The van der Waals surface area contributed by atoms with Crippen LogP contribution in [-0.2, 0) is 0 Å². The SMILES string of the molecule is COc1cc(F)ccc1Oc1nc2ccccc2nc1C(=O)Nc1nc(C(C)=O)co1. The van der Waals surface area contributed by atoms with E-state index in [1.165, 1.54) is 26.2 Å². The Hall–Kier alpha value is -4.34. The summed E-state index contributed by atoms with van der Waals surface area (Å²) in [7, 11) is 1.36. The van der Waals surface area contributed by atoms with Gasteiger partial charge in [-0.2, -0.15) is 4.98 Å². The molecule has 10 heteroatoms. The maximum Gasteiger partial charge on any atom is 0.302 e. The largest absolute Gasteiger partial charge is 0.493 e. The average Bonchev–Trinajstić information content (AvgIpc) is 3.23. The van der Waals surface area contributed by atoms with Crippen molar-refractivity contribution in [2.75, 3.05) is 12.4 Å². The van der Waals surface area contributed by atoms with Gasteiger partial charge in [0.05, 0.1) is 18.1 Å². The highest BCUT2D eigenvalue weighted by molar-refractivity contribution is 6.04. The van der Waals surface area contributed by atoms with Gasteiger partial charge in [0.25, 0.3) is 11.8 Å². The van der Waals surface area contributed by atoms with Crippen molar-refractivity contribution in [2.24, 2.45) is 0 Å². The lowest BCUT2D eigenvalue weighted by Gasteiger charge is -2.12. The molecule has 0 atom stereocenters. The molecule has 2 heterocycles. The molecule has 0 saturated heterocycles. The average molecular weight is 422 g/mol. The van der Waals surface area contributed by atoms with Crippen molar-refractivity contribution in [3.05, 3.63) is 65.9 Å². The third-order valence-corrected chi connectivity index (χ3v) is 4.17. The highest BCUT2D eigenvalue weighted by atomic mass is 19.1. The summed E-state index contributed by atoms with van der Waals surface area (Å²) >= 11 is 0. The van der Waals surface area contributed by atoms with Gasteiger partial charge in [-0.25, -0.2) is 14.4 Å². The van der Waals surface area contributed by atoms with Crippen molar-refractivity contribution in [2.45, 2.75) is 6.92 Å². The van der Waals surface area contributed by atoms with Gasteiger partial charge >= 0.3 is 6.01 Å². The maximum absolute atomic E-state index is 13.5. The number of Topliss-reactive ketones (excluding diaryl/α,β-unsaturated/α-hetero) is 1. The van der Waals surface area contributed by atoms with Gasteiger partial charge in [0, 0.05) is 13.0 Å². The maximum atomic E-state index is 13.5. The van der Waals surface area contributed by atoms with Gasteiger partial charge in [0.1, 0.15) is 17.8 Å². The predicted octanol–water partition coefficient (Wildman–Crippen LogP) is 4.01. The number of para-hydroxylation sites is 2. The summed E-state index contributed by atoms with van der Waals surface area (Å²) in [6.07, 6.45) is 1.13. The van der Waals surface area contributed by atoms with Crippen molar-refractivity contribution in [1.82, 2.24) is 15.0 Å². The van der Waals surface area contributed by atoms with Crippen LogP contribution in [-0.4, -0.2) is 33.8 Å². The molecule has 0 fully saturated rings. The zero-order valence-corrected chi connectivity index (χ0v) is 16.4. The standard InChI is InChI=1S/C21H15FN4O5/c1-11(27)15-10-30-21(25-15)26-19(28)18-20(24-14-6-4-3-5-13(14)23-18)31-16-8-7-12(22)9-17(16)29-2/h3-10H,1-2H3,(H,25,26,28). The number of ketones is 1. The number of amides is 1. The third-order valence-electron chi connectivity index (χ3n) is 4.17. The van der Waals surface area contributed by atoms with Crippen LogP contribution in [0.2, 0.25) is 0 Å². The third kappa shape index (κ3) is 4.17. The molecule has 4 rings (SSSR count). The molecule has 0 bridgehead atoms. The highest BCUT2D eigenvalue weighted by Crippen LogP contribution is 2.33. The number of oxazole rings is 1. The predicted molar refractivity (Wildman–Crippen MR) is 107 cm³/mol. The number of aromatic nitrogens is 3. The summed E-state index contributed by atoms with van der Waals surface area (Å²) in [4.78, 5) is 36.9. The Balaban J connectivity index is 1.74. The van der Waals surface area contributed by atoms with E-state index in [0.29, 0.717) is 11.0 Å². The first-order valence-electron chi connectivity index (χ1n) is 9.00. The minimum absolute atomic E-state index is 0.0624. The van der Waals surface area contributed by atoms with Crippen LogP contribution in [0.3, 0.4) is 0 Å². The first-order chi connectivity index (χ1) is 14.9. The van der Waals surface area contributed by atoms with Gasteiger partial charge in [-0.05, 0) is 24.3 Å². The quantitative estimate of drug-likeness (QED) is 0.463. The number of carbonyl (C=O) groups excluding carboxylic acids is 2. The van der Waals surface area contributed by atoms with E-state index in [2.05, 4.69) is 20.3 Å². The molecule has 1 amide bonds. The van der Waals surface area contributed by atoms with Crippen molar-refractivity contribution in [1.29, 1.82) is 0 Å². The Morgan fingerprint density at radius 2 is 1.77 bits per heavy atom. The molecule has 0 radical (unpaired) electrons. The second kappa shape index (κ2) is 8.19. The molecule has 0 aliphatic carbocycles. The number of anilines is 1. The Bertz CT molecular complexity index is 1300. The topological polar surface area (TPSA) is 116 Å². The Labute approximate surface area is 174 Å². The molecule has 31 heavy (non-hydrogen) atoms. The van der Waals surface area contributed by atoms with Gasteiger partial charge in [-0.1, -0.05) is 12.1 Å². The van der Waals surface area contributed by atoms with E-state index in [9.17, 15) is 14.0 Å². The van der Waals surface area contributed by atoms with Gasteiger partial charge in [0.2, 0.25) is 0 Å². The zero-order valence-electron chi connectivity index (χ0n) is 16.4. The van der Waals surface area contributed by atoms with E-state index >= 15 is 0 Å². The fourth-order valence-electron chi connectivity index (χ4n) is 2.68. The first kappa shape index (κ1) is 20.0. The summed E-state index contributed by atoms with van der Waals surface area (Å²) in [6.45, 7) is 1.32. The number of carbonyl (C=O) groups is 2. The molecule has 1 N–H and O–H groups in total. The number of rotatable bonds is 6. The van der Waals surface area contributed by atoms with Crippen LogP contribution in [0.25, 0.3) is 11.0 Å². The molecular formula is C21H15FN4O5. The molecule has 0 spiro atoms. The van der Waals surface area contributed by atoms with Gasteiger partial charge < -0.3 is 13.9 Å². The fourth-order valence-corrected chi connectivity index (χ4v) is 2.68. The summed E-state index contributed by atoms with van der Waals surface area (Å²) in [5.74, 6) is -1.46. The van der Waals surface area contributed by atoms with Gasteiger partial charge in [-0.15, -0.1) is 0 Å². The second-order valence-corrected chi connectivity index (χ2v) is 6.31. The lowest BCUT2D eigenvalue weighted by Crippen LogP contribution is -2.16. The number of halogens is 1. The van der Waals surface area contributed by atoms with E-state index in [0.717, 1.165) is 12.3 Å². The minimum atomic E-state index is -0.730. The van der Waals surface area contributed by atoms with E-state index in [4.69, 9.17) is 13.9 Å². The Morgan fingerprint density at radius 3 is 2.45 bits per heavy atom. The van der Waals surface area contributed by atoms with E-state index in [-0.39, 0.29) is 40.6 Å². The van der Waals surface area contributed by atoms with E-state index in [1.54, 1.807) is 24.3 Å². The number of methoxy groups -OCH3 is 1. The molecule has 0 aliphatic heterocycles. The van der Waals surface area contributed by atoms with Crippen LogP contribution < -0.4 is 14.8 Å². The number of nitrogens with one attached hydrogen (secondary N) is 1. The number of nitrogens with zero attached hydrogens (tertiary/aromatic N) is 3. The normalized spacial score (nSPS) is 10.7. The number of ether oxygens (including phenoxy) is 2. The van der Waals surface area contributed by atoms with Crippen LogP contribution in [0, 0.1) is 5.82 Å². The van der Waals surface area contributed by atoms with E-state index in [1.807, 2.05) is 0 Å². The molecule has 9 nitrogen and oxygen atoms in total. The zero-order chi connectivity index (χ0) is 22.0. The number of benzene rings is 2. The molecule has 2 aromatic carbocycles. The van der Waals surface area contributed by atoms with Crippen molar-refractivity contribution in [3.8, 4) is 17.4 Å². The van der Waals surface area contributed by atoms with Crippen molar-refractivity contribution >= 4 is 28.7 Å². The lowest BCUT2D eigenvalue weighted by molar-refractivity contribution is 0.100. The number of fused-ring (bicyclic) bond motifs is 1. The minimum Gasteiger partial charge on any atom is -0.493 e. The van der Waals surface area contributed by atoms with Crippen molar-refractivity contribution in [3.63, 3.8) is 0 Å². The summed E-state index contributed by atoms with van der Waals surface area (Å²) in [5, 5.41) is 2.42. The summed E-state index contributed by atoms with van der Waals surface area (Å²) in [6, 6.07) is 10.4. The molecule has 156 valence electrons. The highest BCUT2D eigenvalue weighted by Gasteiger charge is 2.22. The Kier molecular flexibility index (Phi) is 5.27. The lowest BCUT2D eigenvalue weighted by atomic mass is 10.2. The van der Waals surface area contributed by atoms with Crippen molar-refractivity contribution < 1.29 is 27.9 Å². The molecule has 2 aromatic heterocycles. The first-order valence-corrected chi connectivity index (χ1v) is 9.00.